The molecule has 4 rings (SSSR count). The van der Waals surface area contributed by atoms with Crippen molar-refractivity contribution < 1.29 is 14.3 Å². The normalized spacial score (nSPS) is 16.8. The summed E-state index contributed by atoms with van der Waals surface area (Å²) in [6, 6.07) is 7.90. The van der Waals surface area contributed by atoms with Crippen LogP contribution >= 0.6 is 0 Å². The Balaban J connectivity index is 1.47. The van der Waals surface area contributed by atoms with Gasteiger partial charge in [-0.05, 0) is 54.7 Å². The van der Waals surface area contributed by atoms with E-state index in [1.807, 2.05) is 35.4 Å². The van der Waals surface area contributed by atoms with E-state index >= 15 is 0 Å². The van der Waals surface area contributed by atoms with Crippen molar-refractivity contribution in [3.05, 3.63) is 47.3 Å². The Bertz CT molecular complexity index is 858. The van der Waals surface area contributed by atoms with Crippen LogP contribution in [0.15, 0.2) is 30.5 Å². The van der Waals surface area contributed by atoms with Crippen LogP contribution in [0.2, 0.25) is 0 Å². The third-order valence-electron chi connectivity index (χ3n) is 5.94. The maximum absolute atomic E-state index is 13.0. The number of aromatic nitrogens is 1. The zero-order valence-corrected chi connectivity index (χ0v) is 17.3. The Hall–Kier alpha value is -2.76. The predicted molar refractivity (Wildman–Crippen MR) is 113 cm³/mol. The van der Waals surface area contributed by atoms with Crippen molar-refractivity contribution in [2.75, 3.05) is 38.8 Å². The highest BCUT2D eigenvalue weighted by molar-refractivity contribution is 5.92. The highest BCUT2D eigenvalue weighted by atomic mass is 16.5. The second-order valence-corrected chi connectivity index (χ2v) is 7.76. The minimum absolute atomic E-state index is 0.0205. The highest BCUT2D eigenvalue weighted by Crippen LogP contribution is 2.33. The first-order chi connectivity index (χ1) is 14.2. The molecule has 29 heavy (non-hydrogen) atoms. The molecule has 0 spiro atoms. The maximum Gasteiger partial charge on any atom is 0.272 e. The van der Waals surface area contributed by atoms with Crippen LogP contribution in [-0.2, 0) is 13.0 Å². The zero-order chi connectivity index (χ0) is 20.2. The molecule has 0 saturated carbocycles. The monoisotopic (exact) mass is 395 g/mol. The van der Waals surface area contributed by atoms with Gasteiger partial charge in [-0.1, -0.05) is 12.8 Å². The van der Waals surface area contributed by atoms with Gasteiger partial charge in [0.15, 0.2) is 11.5 Å². The zero-order valence-electron chi connectivity index (χ0n) is 17.3. The second-order valence-electron chi connectivity index (χ2n) is 7.76. The molecular formula is C23H29N3O3. The third-order valence-corrected chi connectivity index (χ3v) is 5.94. The number of rotatable bonds is 4. The van der Waals surface area contributed by atoms with Gasteiger partial charge in [0, 0.05) is 26.2 Å². The molecule has 1 aromatic carbocycles. The maximum atomic E-state index is 13.0. The topological polar surface area (TPSA) is 54.9 Å². The Morgan fingerprint density at radius 3 is 2.24 bits per heavy atom. The van der Waals surface area contributed by atoms with E-state index in [9.17, 15) is 4.79 Å². The summed E-state index contributed by atoms with van der Waals surface area (Å²) in [6.45, 7) is 3.38. The molecule has 2 aliphatic rings. The van der Waals surface area contributed by atoms with Gasteiger partial charge in [0.1, 0.15) is 5.69 Å². The molecule has 3 heterocycles. The van der Waals surface area contributed by atoms with Gasteiger partial charge in [0.2, 0.25) is 0 Å². The van der Waals surface area contributed by atoms with Gasteiger partial charge < -0.3 is 19.3 Å². The van der Waals surface area contributed by atoms with Crippen molar-refractivity contribution in [3.63, 3.8) is 0 Å². The lowest BCUT2D eigenvalue weighted by atomic mass is 9.98. The molecule has 0 radical (unpaired) electrons. The number of pyridine rings is 1. The van der Waals surface area contributed by atoms with Crippen LogP contribution < -0.4 is 14.4 Å². The van der Waals surface area contributed by atoms with Crippen molar-refractivity contribution in [2.24, 2.45) is 0 Å². The number of methoxy groups -OCH3 is 2. The van der Waals surface area contributed by atoms with Crippen LogP contribution in [0.3, 0.4) is 0 Å². The van der Waals surface area contributed by atoms with E-state index in [1.54, 1.807) is 14.2 Å². The molecule has 1 saturated heterocycles. The Kier molecular flexibility index (Phi) is 5.88. The van der Waals surface area contributed by atoms with E-state index in [-0.39, 0.29) is 5.91 Å². The van der Waals surface area contributed by atoms with E-state index < -0.39 is 0 Å². The van der Waals surface area contributed by atoms with Gasteiger partial charge in [-0.25, -0.2) is 4.98 Å². The number of carbonyl (C=O) groups excluding carboxylic acids is 1. The van der Waals surface area contributed by atoms with Gasteiger partial charge >= 0.3 is 0 Å². The molecule has 0 unspecified atom stereocenters. The molecule has 1 amide bonds. The van der Waals surface area contributed by atoms with Crippen molar-refractivity contribution in [3.8, 4) is 11.5 Å². The van der Waals surface area contributed by atoms with Gasteiger partial charge in [0.05, 0.1) is 26.1 Å². The Morgan fingerprint density at radius 1 is 0.931 bits per heavy atom. The second kappa shape index (κ2) is 8.72. The Morgan fingerprint density at radius 2 is 1.62 bits per heavy atom. The molecule has 0 aliphatic carbocycles. The lowest BCUT2D eigenvalue weighted by Gasteiger charge is -2.29. The number of fused-ring (bicyclic) bond motifs is 1. The lowest BCUT2D eigenvalue weighted by molar-refractivity contribution is 0.0728. The molecule has 6 nitrogen and oxygen atoms in total. The smallest absolute Gasteiger partial charge is 0.272 e. The summed E-state index contributed by atoms with van der Waals surface area (Å²) in [5.74, 6) is 1.41. The van der Waals surface area contributed by atoms with Crippen molar-refractivity contribution in [1.29, 1.82) is 0 Å². The molecule has 1 aromatic heterocycles. The van der Waals surface area contributed by atoms with Crippen molar-refractivity contribution >= 4 is 11.6 Å². The summed E-state index contributed by atoms with van der Waals surface area (Å²) in [7, 11) is 3.27. The number of amides is 1. The van der Waals surface area contributed by atoms with Crippen LogP contribution in [0, 0.1) is 0 Å². The number of ether oxygens (including phenoxy) is 2. The molecule has 2 aliphatic heterocycles. The molecule has 0 N–H and O–H groups in total. The van der Waals surface area contributed by atoms with E-state index in [0.29, 0.717) is 24.5 Å². The summed E-state index contributed by atoms with van der Waals surface area (Å²) < 4.78 is 10.8. The summed E-state index contributed by atoms with van der Waals surface area (Å²) in [5, 5.41) is 0. The van der Waals surface area contributed by atoms with Gasteiger partial charge in [-0.3, -0.25) is 4.79 Å². The minimum Gasteiger partial charge on any atom is -0.493 e. The molecule has 6 heteroatoms. The Labute approximate surface area is 172 Å². The summed E-state index contributed by atoms with van der Waals surface area (Å²) in [6.07, 6.45) is 7.70. The first-order valence-electron chi connectivity index (χ1n) is 10.4. The fourth-order valence-electron chi connectivity index (χ4n) is 4.25. The first kappa shape index (κ1) is 19.6. The van der Waals surface area contributed by atoms with E-state index in [1.165, 1.54) is 31.2 Å². The summed E-state index contributed by atoms with van der Waals surface area (Å²) in [5.41, 5.74) is 3.93. The van der Waals surface area contributed by atoms with Gasteiger partial charge in [0.25, 0.3) is 5.91 Å². The number of hydrogen-bond acceptors (Lipinski definition) is 5. The fraction of sp³-hybridized carbons (Fsp3) is 0.478. The number of anilines is 1. The molecule has 0 bridgehead atoms. The molecular weight excluding hydrogens is 366 g/mol. The number of benzene rings is 1. The SMILES string of the molecule is COc1cc2c(cc1OC)CN(C(=O)c1ccc(N3CCCCCC3)cn1)CC2. The quantitative estimate of drug-likeness (QED) is 0.791. The molecule has 1 fully saturated rings. The van der Waals surface area contributed by atoms with Crippen molar-refractivity contribution in [1.82, 2.24) is 9.88 Å². The highest BCUT2D eigenvalue weighted by Gasteiger charge is 2.24. The first-order valence-corrected chi connectivity index (χ1v) is 10.4. The van der Waals surface area contributed by atoms with Gasteiger partial charge in [-0.2, -0.15) is 0 Å². The van der Waals surface area contributed by atoms with Crippen LogP contribution in [0.1, 0.15) is 47.3 Å². The molecule has 154 valence electrons. The largest absolute Gasteiger partial charge is 0.493 e. The van der Waals surface area contributed by atoms with Crippen molar-refractivity contribution in [2.45, 2.75) is 38.6 Å². The minimum atomic E-state index is -0.0205. The standard InChI is InChI=1S/C23H29N3O3/c1-28-21-13-17-9-12-26(16-18(17)14-22(21)29-2)23(27)20-8-7-19(15-24-20)25-10-5-3-4-6-11-25/h7-8,13-15H,3-6,9-12,16H2,1-2H3. The number of nitrogens with zero attached hydrogens (tertiary/aromatic N) is 3. The fourth-order valence-corrected chi connectivity index (χ4v) is 4.25. The average molecular weight is 396 g/mol. The average Bonchev–Trinajstić information content (AvgIpc) is 3.07. The van der Waals surface area contributed by atoms with Gasteiger partial charge in [-0.15, -0.1) is 0 Å². The van der Waals surface area contributed by atoms with Crippen LogP contribution in [0.25, 0.3) is 0 Å². The van der Waals surface area contributed by atoms with Crippen LogP contribution in [0.5, 0.6) is 11.5 Å². The lowest BCUT2D eigenvalue weighted by Crippen LogP contribution is -2.36. The van der Waals surface area contributed by atoms with E-state index in [0.717, 1.165) is 36.5 Å². The third kappa shape index (κ3) is 4.16. The number of hydrogen-bond donors (Lipinski definition) is 0. The van der Waals surface area contributed by atoms with Crippen LogP contribution in [-0.4, -0.2) is 49.6 Å². The van der Waals surface area contributed by atoms with E-state index in [4.69, 9.17) is 9.47 Å². The summed E-state index contributed by atoms with van der Waals surface area (Å²) >= 11 is 0. The van der Waals surface area contributed by atoms with E-state index in [2.05, 4.69) is 9.88 Å². The number of carbonyl (C=O) groups is 1. The summed E-state index contributed by atoms with van der Waals surface area (Å²) in [4.78, 5) is 21.8. The molecule has 0 atom stereocenters. The molecule has 2 aromatic rings. The van der Waals surface area contributed by atoms with Crippen LogP contribution in [0.4, 0.5) is 5.69 Å². The predicted octanol–water partition coefficient (Wildman–Crippen LogP) is 3.68.